The van der Waals surface area contributed by atoms with Gasteiger partial charge in [-0.15, -0.1) is 0 Å². The van der Waals surface area contributed by atoms with E-state index in [1.165, 1.54) is 6.20 Å². The third-order valence-corrected chi connectivity index (χ3v) is 3.28. The second kappa shape index (κ2) is 6.89. The van der Waals surface area contributed by atoms with Crippen molar-refractivity contribution in [1.82, 2.24) is 9.97 Å². The molecule has 1 amide bonds. The first kappa shape index (κ1) is 15.0. The van der Waals surface area contributed by atoms with E-state index < -0.39 is 0 Å². The van der Waals surface area contributed by atoms with E-state index in [1.807, 2.05) is 30.3 Å². The average Bonchev–Trinajstić information content (AvgIpc) is 2.57. The van der Waals surface area contributed by atoms with Crippen LogP contribution in [-0.4, -0.2) is 15.9 Å². The fourth-order valence-electron chi connectivity index (χ4n) is 1.96. The Morgan fingerprint density at radius 3 is 2.61 bits per heavy atom. The van der Waals surface area contributed by atoms with Gasteiger partial charge in [0.1, 0.15) is 5.82 Å². The number of hydrogen-bond acceptors (Lipinski definition) is 4. The summed E-state index contributed by atoms with van der Waals surface area (Å²) < 4.78 is 0. The van der Waals surface area contributed by atoms with Gasteiger partial charge in [0.25, 0.3) is 5.91 Å². The molecule has 0 spiro atoms. The lowest BCUT2D eigenvalue weighted by Gasteiger charge is -2.08. The highest BCUT2D eigenvalue weighted by atomic mass is 35.5. The van der Waals surface area contributed by atoms with Crippen LogP contribution in [0.15, 0.2) is 67.1 Å². The number of halogens is 1. The lowest BCUT2D eigenvalue weighted by Crippen LogP contribution is -2.13. The molecule has 0 aliphatic heterocycles. The SMILES string of the molecule is O=C(Nc1ccc(Nc2cccc(Cl)c2)cn1)c1cccnc1. The molecule has 0 saturated heterocycles. The summed E-state index contributed by atoms with van der Waals surface area (Å²) in [6, 6.07) is 14.3. The van der Waals surface area contributed by atoms with Gasteiger partial charge in [0.05, 0.1) is 17.4 Å². The molecule has 23 heavy (non-hydrogen) atoms. The highest BCUT2D eigenvalue weighted by Gasteiger charge is 2.06. The molecular formula is C17H13ClN4O. The van der Waals surface area contributed by atoms with Crippen LogP contribution < -0.4 is 10.6 Å². The van der Waals surface area contributed by atoms with Crippen LogP contribution in [0.2, 0.25) is 5.02 Å². The van der Waals surface area contributed by atoms with Gasteiger partial charge in [-0.1, -0.05) is 17.7 Å². The largest absolute Gasteiger partial charge is 0.354 e. The molecule has 1 aromatic carbocycles. The predicted octanol–water partition coefficient (Wildman–Crippen LogP) is 4.13. The number of rotatable bonds is 4. The van der Waals surface area contributed by atoms with E-state index in [0.29, 0.717) is 16.4 Å². The second-order valence-electron chi connectivity index (χ2n) is 4.76. The smallest absolute Gasteiger partial charge is 0.258 e. The van der Waals surface area contributed by atoms with E-state index in [2.05, 4.69) is 20.6 Å². The number of anilines is 3. The zero-order valence-electron chi connectivity index (χ0n) is 12.0. The Hall–Kier alpha value is -2.92. The normalized spacial score (nSPS) is 10.1. The summed E-state index contributed by atoms with van der Waals surface area (Å²) in [5.74, 6) is 0.219. The summed E-state index contributed by atoms with van der Waals surface area (Å²) in [6.45, 7) is 0. The van der Waals surface area contributed by atoms with Crippen molar-refractivity contribution in [3.8, 4) is 0 Å². The maximum absolute atomic E-state index is 12.0. The third kappa shape index (κ3) is 4.05. The molecule has 2 heterocycles. The van der Waals surface area contributed by atoms with Crippen molar-refractivity contribution in [2.75, 3.05) is 10.6 Å². The van der Waals surface area contributed by atoms with Crippen LogP contribution in [0.4, 0.5) is 17.2 Å². The summed E-state index contributed by atoms with van der Waals surface area (Å²) in [7, 11) is 0. The minimum atomic E-state index is -0.249. The van der Waals surface area contributed by atoms with E-state index in [1.54, 1.807) is 30.6 Å². The molecule has 0 bridgehead atoms. The first-order valence-corrected chi connectivity index (χ1v) is 7.28. The van der Waals surface area contributed by atoms with Crippen LogP contribution in [-0.2, 0) is 0 Å². The molecule has 3 aromatic rings. The van der Waals surface area contributed by atoms with E-state index in [4.69, 9.17) is 11.6 Å². The van der Waals surface area contributed by atoms with Crippen molar-refractivity contribution in [2.24, 2.45) is 0 Å². The molecule has 5 nitrogen and oxygen atoms in total. The van der Waals surface area contributed by atoms with Crippen LogP contribution in [0.1, 0.15) is 10.4 Å². The Morgan fingerprint density at radius 2 is 1.91 bits per heavy atom. The standard InChI is InChI=1S/C17H13ClN4O/c18-13-4-1-5-14(9-13)21-15-6-7-16(20-11-15)22-17(23)12-3-2-8-19-10-12/h1-11,21H,(H,20,22,23). The van der Waals surface area contributed by atoms with Crippen molar-refractivity contribution in [2.45, 2.75) is 0 Å². The van der Waals surface area contributed by atoms with Crippen molar-refractivity contribution in [3.05, 3.63) is 77.7 Å². The molecule has 0 saturated carbocycles. The molecule has 0 unspecified atom stereocenters. The fourth-order valence-corrected chi connectivity index (χ4v) is 2.15. The minimum Gasteiger partial charge on any atom is -0.354 e. The van der Waals surface area contributed by atoms with Crippen LogP contribution in [0.25, 0.3) is 0 Å². The average molecular weight is 325 g/mol. The molecule has 114 valence electrons. The van der Waals surface area contributed by atoms with Crippen molar-refractivity contribution in [1.29, 1.82) is 0 Å². The summed E-state index contributed by atoms with van der Waals surface area (Å²) in [6.07, 6.45) is 4.76. The molecule has 0 aliphatic rings. The van der Waals surface area contributed by atoms with Crippen LogP contribution >= 0.6 is 11.6 Å². The van der Waals surface area contributed by atoms with Gasteiger partial charge in [-0.3, -0.25) is 9.78 Å². The number of nitrogens with one attached hydrogen (secondary N) is 2. The highest BCUT2D eigenvalue weighted by molar-refractivity contribution is 6.30. The summed E-state index contributed by atoms with van der Waals surface area (Å²) in [4.78, 5) is 20.1. The van der Waals surface area contributed by atoms with Gasteiger partial charge < -0.3 is 10.6 Å². The Balaban J connectivity index is 1.66. The van der Waals surface area contributed by atoms with Crippen LogP contribution in [0.5, 0.6) is 0 Å². The number of amides is 1. The van der Waals surface area contributed by atoms with Gasteiger partial charge in [-0.2, -0.15) is 0 Å². The topological polar surface area (TPSA) is 66.9 Å². The highest BCUT2D eigenvalue weighted by Crippen LogP contribution is 2.20. The molecule has 3 rings (SSSR count). The monoisotopic (exact) mass is 324 g/mol. The van der Waals surface area contributed by atoms with Crippen molar-refractivity contribution >= 4 is 34.7 Å². The Bertz CT molecular complexity index is 806. The number of carbonyl (C=O) groups excluding carboxylic acids is 1. The van der Waals surface area contributed by atoms with Gasteiger partial charge in [0.15, 0.2) is 0 Å². The predicted molar refractivity (Wildman–Crippen MR) is 91.2 cm³/mol. The minimum absolute atomic E-state index is 0.249. The molecule has 2 aromatic heterocycles. The first-order valence-electron chi connectivity index (χ1n) is 6.91. The number of hydrogen-bond donors (Lipinski definition) is 2. The zero-order valence-corrected chi connectivity index (χ0v) is 12.8. The van der Waals surface area contributed by atoms with Gasteiger partial charge in [-0.05, 0) is 42.5 Å². The Kier molecular flexibility index (Phi) is 4.49. The van der Waals surface area contributed by atoms with E-state index in [9.17, 15) is 4.79 Å². The van der Waals surface area contributed by atoms with Gasteiger partial charge in [0.2, 0.25) is 0 Å². The third-order valence-electron chi connectivity index (χ3n) is 3.04. The summed E-state index contributed by atoms with van der Waals surface area (Å²) >= 11 is 5.94. The van der Waals surface area contributed by atoms with Gasteiger partial charge in [0, 0.05) is 23.1 Å². The van der Waals surface area contributed by atoms with Gasteiger partial charge in [-0.25, -0.2) is 4.98 Å². The molecule has 2 N–H and O–H groups in total. The van der Waals surface area contributed by atoms with E-state index in [-0.39, 0.29) is 5.91 Å². The second-order valence-corrected chi connectivity index (χ2v) is 5.20. The number of pyridine rings is 2. The maximum atomic E-state index is 12.0. The summed E-state index contributed by atoms with van der Waals surface area (Å²) in [5, 5.41) is 6.56. The molecule has 0 aliphatic carbocycles. The number of aromatic nitrogens is 2. The molecular weight excluding hydrogens is 312 g/mol. The van der Waals surface area contributed by atoms with E-state index in [0.717, 1.165) is 11.4 Å². The number of benzene rings is 1. The first-order chi connectivity index (χ1) is 11.2. The zero-order chi connectivity index (χ0) is 16.1. The van der Waals surface area contributed by atoms with E-state index >= 15 is 0 Å². The van der Waals surface area contributed by atoms with Crippen molar-refractivity contribution < 1.29 is 4.79 Å². The quantitative estimate of drug-likeness (QED) is 0.757. The van der Waals surface area contributed by atoms with Crippen molar-refractivity contribution in [3.63, 3.8) is 0 Å². The summed E-state index contributed by atoms with van der Waals surface area (Å²) in [5.41, 5.74) is 2.15. The van der Waals surface area contributed by atoms with Gasteiger partial charge >= 0.3 is 0 Å². The lowest BCUT2D eigenvalue weighted by molar-refractivity contribution is 0.102. The Labute approximate surface area is 138 Å². The molecule has 0 fully saturated rings. The number of nitrogens with zero attached hydrogens (tertiary/aromatic N) is 2. The van der Waals surface area contributed by atoms with Crippen LogP contribution in [0, 0.1) is 0 Å². The maximum Gasteiger partial charge on any atom is 0.258 e. The number of carbonyl (C=O) groups is 1. The Morgan fingerprint density at radius 1 is 1.00 bits per heavy atom. The van der Waals surface area contributed by atoms with Crippen LogP contribution in [0.3, 0.4) is 0 Å². The molecule has 0 radical (unpaired) electrons. The fraction of sp³-hybridized carbons (Fsp3) is 0. The molecule has 0 atom stereocenters. The lowest BCUT2D eigenvalue weighted by atomic mass is 10.2. The molecule has 6 heteroatoms.